The quantitative estimate of drug-likeness (QED) is 0.479. The minimum absolute atomic E-state index is 0.00522. The summed E-state index contributed by atoms with van der Waals surface area (Å²) in [6.07, 6.45) is -0.422. The van der Waals surface area contributed by atoms with E-state index in [1.165, 1.54) is 15.4 Å². The Morgan fingerprint density at radius 3 is 2.26 bits per heavy atom. The topological polar surface area (TPSA) is 27.7 Å². The molecule has 0 saturated carbocycles. The molecule has 3 nitrogen and oxygen atoms in total. The van der Waals surface area contributed by atoms with Gasteiger partial charge in [-0.05, 0) is 36.4 Å². The fourth-order valence-corrected chi connectivity index (χ4v) is 6.78. The molecule has 0 aliphatic carbocycles. The number of ether oxygens (including phenoxy) is 3. The Morgan fingerprint density at radius 1 is 0.667 bits per heavy atom. The van der Waals surface area contributed by atoms with E-state index in [4.69, 9.17) is 14.2 Å². The van der Waals surface area contributed by atoms with Crippen LogP contribution in [0.5, 0.6) is 17.2 Å². The van der Waals surface area contributed by atoms with Gasteiger partial charge in [-0.2, -0.15) is 0 Å². The third kappa shape index (κ3) is 2.78. The van der Waals surface area contributed by atoms with Crippen LogP contribution in [0, 0.1) is 0 Å². The normalized spacial score (nSPS) is 19.6. The zero-order valence-electron chi connectivity index (χ0n) is 14.1. The van der Waals surface area contributed by atoms with Crippen LogP contribution in [0.1, 0.15) is 22.9 Å². The van der Waals surface area contributed by atoms with Crippen molar-refractivity contribution in [3.05, 3.63) is 71.8 Å². The van der Waals surface area contributed by atoms with Crippen molar-refractivity contribution < 1.29 is 14.2 Å². The van der Waals surface area contributed by atoms with Crippen LogP contribution >= 0.6 is 35.3 Å². The molecule has 3 aromatic rings. The fraction of sp³-hybridized carbons (Fsp3) is 0.143. The highest BCUT2D eigenvalue weighted by molar-refractivity contribution is 8.18. The van der Waals surface area contributed by atoms with Gasteiger partial charge < -0.3 is 14.2 Å². The van der Waals surface area contributed by atoms with Crippen molar-refractivity contribution in [2.45, 2.75) is 26.4 Å². The maximum absolute atomic E-state index is 6.27. The van der Waals surface area contributed by atoms with E-state index in [-0.39, 0.29) is 5.44 Å². The molecule has 0 radical (unpaired) electrons. The second-order valence-electron chi connectivity index (χ2n) is 6.40. The second kappa shape index (κ2) is 6.33. The Hall–Kier alpha value is -1.89. The summed E-state index contributed by atoms with van der Waals surface area (Å²) < 4.78 is 18.1. The average molecular weight is 411 g/mol. The Balaban J connectivity index is 1.25. The molecule has 0 bridgehead atoms. The van der Waals surface area contributed by atoms with Crippen LogP contribution in [0.25, 0.3) is 0 Å². The zero-order valence-corrected chi connectivity index (χ0v) is 16.5. The largest absolute Gasteiger partial charge is 0.473 e. The minimum atomic E-state index is -0.422. The molecule has 6 rings (SSSR count). The summed E-state index contributed by atoms with van der Waals surface area (Å²) >= 11 is 5.56. The molecule has 3 heterocycles. The van der Waals surface area contributed by atoms with E-state index in [0.29, 0.717) is 0 Å². The monoisotopic (exact) mass is 410 g/mol. The molecule has 0 fully saturated rings. The molecule has 3 aromatic carbocycles. The van der Waals surface area contributed by atoms with Crippen molar-refractivity contribution in [1.29, 1.82) is 0 Å². The summed E-state index contributed by atoms with van der Waals surface area (Å²) in [7, 11) is 0. The van der Waals surface area contributed by atoms with Crippen LogP contribution in [0.15, 0.2) is 75.4 Å². The SMILES string of the molecule is c1ccc2c(c1)OC(c1ccc3c(c1)OC(c1ccc4c(c1)SCS4)S3)O2. The van der Waals surface area contributed by atoms with Crippen LogP contribution in [-0.4, -0.2) is 5.08 Å². The van der Waals surface area contributed by atoms with Crippen LogP contribution < -0.4 is 14.2 Å². The summed E-state index contributed by atoms with van der Waals surface area (Å²) in [5.41, 5.74) is 2.17. The lowest BCUT2D eigenvalue weighted by Crippen LogP contribution is -2.08. The average Bonchev–Trinajstić information content (AvgIpc) is 3.42. The standard InChI is InChI=1S/C21H14O3S3/c1-2-4-15-14(3-1)22-20(23-15)12-5-7-17-16(9-12)24-21(27-17)13-6-8-18-19(10-13)26-11-25-18/h1-10,20-21H,11H2. The Bertz CT molecular complexity index is 1030. The first kappa shape index (κ1) is 16.1. The third-order valence-corrected chi connectivity index (χ3v) is 8.26. The highest BCUT2D eigenvalue weighted by Gasteiger charge is 2.30. The van der Waals surface area contributed by atoms with Crippen molar-refractivity contribution >= 4 is 35.3 Å². The number of rotatable bonds is 2. The molecule has 0 spiro atoms. The smallest absolute Gasteiger partial charge is 0.268 e. The van der Waals surface area contributed by atoms with Crippen molar-refractivity contribution in [1.82, 2.24) is 0 Å². The number of fused-ring (bicyclic) bond motifs is 3. The maximum atomic E-state index is 6.27. The first-order valence-corrected chi connectivity index (χ1v) is 11.5. The lowest BCUT2D eigenvalue weighted by Gasteiger charge is -2.12. The van der Waals surface area contributed by atoms with Gasteiger partial charge in [-0.1, -0.05) is 36.0 Å². The fourth-order valence-electron chi connectivity index (χ4n) is 3.35. The first-order valence-electron chi connectivity index (χ1n) is 8.63. The molecule has 3 aliphatic heterocycles. The molecule has 0 N–H and O–H groups in total. The number of thioether (sulfide) groups is 3. The Kier molecular flexibility index (Phi) is 3.77. The van der Waals surface area contributed by atoms with Gasteiger partial charge in [0.15, 0.2) is 16.9 Å². The number of hydrogen-bond donors (Lipinski definition) is 0. The minimum Gasteiger partial charge on any atom is -0.473 e. The van der Waals surface area contributed by atoms with Crippen molar-refractivity contribution in [3.8, 4) is 17.2 Å². The van der Waals surface area contributed by atoms with Gasteiger partial charge in [-0.25, -0.2) is 0 Å². The summed E-state index contributed by atoms with van der Waals surface area (Å²) in [6, 6.07) is 20.6. The molecule has 0 aromatic heterocycles. The lowest BCUT2D eigenvalue weighted by molar-refractivity contribution is 0.0484. The van der Waals surface area contributed by atoms with Gasteiger partial charge in [0.25, 0.3) is 6.29 Å². The van der Waals surface area contributed by atoms with Crippen molar-refractivity contribution in [2.24, 2.45) is 0 Å². The maximum Gasteiger partial charge on any atom is 0.268 e. The van der Waals surface area contributed by atoms with E-state index in [9.17, 15) is 0 Å². The predicted octanol–water partition coefficient (Wildman–Crippen LogP) is 6.50. The van der Waals surface area contributed by atoms with Gasteiger partial charge in [-0.15, -0.1) is 23.5 Å². The van der Waals surface area contributed by atoms with Gasteiger partial charge in [0.05, 0.1) is 4.90 Å². The molecular weight excluding hydrogens is 396 g/mol. The van der Waals surface area contributed by atoms with E-state index >= 15 is 0 Å². The van der Waals surface area contributed by atoms with Gasteiger partial charge in [0, 0.05) is 26.0 Å². The molecule has 1 atom stereocenters. The third-order valence-electron chi connectivity index (χ3n) is 4.69. The Labute approximate surface area is 169 Å². The van der Waals surface area contributed by atoms with Crippen LogP contribution in [0.3, 0.4) is 0 Å². The van der Waals surface area contributed by atoms with Crippen LogP contribution in [-0.2, 0) is 0 Å². The molecular formula is C21H14O3S3. The van der Waals surface area contributed by atoms with Gasteiger partial charge in [0.2, 0.25) is 0 Å². The molecule has 27 heavy (non-hydrogen) atoms. The van der Waals surface area contributed by atoms with E-state index in [0.717, 1.165) is 32.8 Å². The summed E-state index contributed by atoms with van der Waals surface area (Å²) in [4.78, 5) is 3.90. The molecule has 3 aliphatic rings. The van der Waals surface area contributed by atoms with E-state index < -0.39 is 6.29 Å². The highest BCUT2D eigenvalue weighted by Crippen LogP contribution is 2.51. The molecule has 1 unspecified atom stereocenters. The van der Waals surface area contributed by atoms with E-state index in [1.54, 1.807) is 11.8 Å². The molecule has 0 amide bonds. The van der Waals surface area contributed by atoms with Gasteiger partial charge >= 0.3 is 0 Å². The number of para-hydroxylation sites is 2. The van der Waals surface area contributed by atoms with E-state index in [2.05, 4.69) is 30.3 Å². The van der Waals surface area contributed by atoms with Crippen LogP contribution in [0.4, 0.5) is 0 Å². The van der Waals surface area contributed by atoms with Gasteiger partial charge in [0.1, 0.15) is 5.75 Å². The van der Waals surface area contributed by atoms with Gasteiger partial charge in [-0.3, -0.25) is 0 Å². The predicted molar refractivity (Wildman–Crippen MR) is 109 cm³/mol. The molecule has 6 heteroatoms. The summed E-state index contributed by atoms with van der Waals surface area (Å²) in [6.45, 7) is 0. The second-order valence-corrected chi connectivity index (χ2v) is 9.90. The summed E-state index contributed by atoms with van der Waals surface area (Å²) in [5.74, 6) is 2.46. The number of benzene rings is 3. The highest BCUT2D eigenvalue weighted by atomic mass is 32.2. The van der Waals surface area contributed by atoms with Crippen molar-refractivity contribution in [3.63, 3.8) is 0 Å². The lowest BCUT2D eigenvalue weighted by atomic mass is 10.2. The Morgan fingerprint density at radius 2 is 1.41 bits per heavy atom. The zero-order chi connectivity index (χ0) is 17.8. The van der Waals surface area contributed by atoms with Crippen LogP contribution in [0.2, 0.25) is 0 Å². The van der Waals surface area contributed by atoms with E-state index in [1.807, 2.05) is 53.9 Å². The first-order chi connectivity index (χ1) is 13.3. The molecule has 134 valence electrons. The van der Waals surface area contributed by atoms with Crippen molar-refractivity contribution in [2.75, 3.05) is 5.08 Å². The number of hydrogen-bond acceptors (Lipinski definition) is 6. The summed E-state index contributed by atoms with van der Waals surface area (Å²) in [5, 5.41) is 1.10. The molecule has 0 saturated heterocycles.